The van der Waals surface area contributed by atoms with Crippen molar-refractivity contribution in [3.8, 4) is 5.88 Å². The molecule has 0 aliphatic carbocycles. The van der Waals surface area contributed by atoms with Crippen molar-refractivity contribution in [3.63, 3.8) is 0 Å². The summed E-state index contributed by atoms with van der Waals surface area (Å²) in [5, 5.41) is 5.11. The van der Waals surface area contributed by atoms with Gasteiger partial charge in [-0.05, 0) is 37.5 Å². The molecule has 0 spiro atoms. The minimum absolute atomic E-state index is 0.186. The van der Waals surface area contributed by atoms with Crippen LogP contribution in [0.1, 0.15) is 50.8 Å². The molecule has 5 nitrogen and oxygen atoms in total. The molecular weight excluding hydrogens is 423 g/mol. The fourth-order valence-corrected chi connectivity index (χ4v) is 3.57. The van der Waals surface area contributed by atoms with Gasteiger partial charge in [0.25, 0.3) is 0 Å². The lowest BCUT2D eigenvalue weighted by Crippen LogP contribution is -2.16. The normalized spacial score (nSPS) is 10.8. The fraction of sp³-hybridized carbons (Fsp3) is 0.261. The maximum Gasteiger partial charge on any atom is 0.223 e. The van der Waals surface area contributed by atoms with Crippen LogP contribution in [0.5, 0.6) is 5.88 Å². The van der Waals surface area contributed by atoms with Gasteiger partial charge in [-0.2, -0.15) is 5.10 Å². The fourth-order valence-electron chi connectivity index (χ4n) is 3.14. The van der Waals surface area contributed by atoms with E-state index in [2.05, 4.69) is 5.10 Å². The third kappa shape index (κ3) is 4.42. The van der Waals surface area contributed by atoms with Crippen molar-refractivity contribution in [2.24, 2.45) is 0 Å². The topological polar surface area (TPSA) is 61.2 Å². The van der Waals surface area contributed by atoms with Gasteiger partial charge < -0.3 is 4.74 Å². The number of rotatable bonds is 8. The Labute approximate surface area is 185 Å². The first-order valence-electron chi connectivity index (χ1n) is 9.61. The summed E-state index contributed by atoms with van der Waals surface area (Å²) in [6.45, 7) is 5.93. The second-order valence-electron chi connectivity index (χ2n) is 6.99. The molecule has 3 aromatic rings. The van der Waals surface area contributed by atoms with Gasteiger partial charge in [0.15, 0.2) is 12.4 Å². The van der Waals surface area contributed by atoms with Crippen LogP contribution in [-0.2, 0) is 6.54 Å². The highest BCUT2D eigenvalue weighted by Gasteiger charge is 2.25. The van der Waals surface area contributed by atoms with Gasteiger partial charge in [-0.15, -0.1) is 0 Å². The highest BCUT2D eigenvalue weighted by molar-refractivity contribution is 6.39. The first-order chi connectivity index (χ1) is 14.3. The molecule has 0 radical (unpaired) electrons. The van der Waals surface area contributed by atoms with E-state index < -0.39 is 0 Å². The van der Waals surface area contributed by atoms with Gasteiger partial charge in [0.1, 0.15) is 5.56 Å². The van der Waals surface area contributed by atoms with Crippen LogP contribution in [-0.4, -0.2) is 28.0 Å². The molecule has 0 aliphatic rings. The number of hydrogen-bond donors (Lipinski definition) is 0. The smallest absolute Gasteiger partial charge is 0.223 e. The van der Waals surface area contributed by atoms with Gasteiger partial charge in [-0.3, -0.25) is 9.59 Å². The van der Waals surface area contributed by atoms with Crippen LogP contribution in [0.2, 0.25) is 10.0 Å². The SMILES string of the molecule is CCCn1ncc(C(=O)c2cc(C)c(Cl)c(C)c2Cl)c1OCC(=O)c1ccccc1. The van der Waals surface area contributed by atoms with E-state index in [0.717, 1.165) is 12.0 Å². The highest BCUT2D eigenvalue weighted by atomic mass is 35.5. The highest BCUT2D eigenvalue weighted by Crippen LogP contribution is 2.33. The van der Waals surface area contributed by atoms with Crippen LogP contribution < -0.4 is 4.74 Å². The van der Waals surface area contributed by atoms with Crippen LogP contribution in [0.25, 0.3) is 0 Å². The first kappa shape index (κ1) is 22.1. The Kier molecular flexibility index (Phi) is 6.95. The minimum atomic E-state index is -0.327. The Morgan fingerprint density at radius 1 is 1.07 bits per heavy atom. The van der Waals surface area contributed by atoms with Crippen molar-refractivity contribution in [1.82, 2.24) is 9.78 Å². The van der Waals surface area contributed by atoms with Crippen molar-refractivity contribution in [2.45, 2.75) is 33.7 Å². The van der Waals surface area contributed by atoms with E-state index >= 15 is 0 Å². The van der Waals surface area contributed by atoms with Crippen LogP contribution in [0.3, 0.4) is 0 Å². The van der Waals surface area contributed by atoms with E-state index in [4.69, 9.17) is 27.9 Å². The molecule has 1 aromatic heterocycles. The van der Waals surface area contributed by atoms with Crippen LogP contribution >= 0.6 is 23.2 Å². The predicted octanol–water partition coefficient (Wildman–Crippen LogP) is 5.71. The standard InChI is InChI=1S/C23H22Cl2N2O3/c1-4-10-27-23(30-13-19(28)16-8-6-5-7-9-16)18(12-26-27)22(29)17-11-14(2)20(24)15(3)21(17)25/h5-9,11-12H,4,10,13H2,1-3H3. The third-order valence-corrected chi connectivity index (χ3v) is 5.82. The number of nitrogens with zero attached hydrogens (tertiary/aromatic N) is 2. The number of Topliss-reactive ketones (excluding diaryl/α,β-unsaturated/α-hetero) is 1. The molecule has 156 valence electrons. The van der Waals surface area contributed by atoms with E-state index in [0.29, 0.717) is 33.3 Å². The lowest BCUT2D eigenvalue weighted by Gasteiger charge is -2.13. The number of carbonyl (C=O) groups excluding carboxylic acids is 2. The van der Waals surface area contributed by atoms with E-state index in [9.17, 15) is 9.59 Å². The molecular formula is C23H22Cl2N2O3. The zero-order chi connectivity index (χ0) is 21.8. The molecule has 0 N–H and O–H groups in total. The van der Waals surface area contributed by atoms with Gasteiger partial charge in [-0.25, -0.2) is 4.68 Å². The van der Waals surface area contributed by atoms with E-state index in [-0.39, 0.29) is 29.6 Å². The number of hydrogen-bond acceptors (Lipinski definition) is 4. The number of halogens is 2. The molecule has 30 heavy (non-hydrogen) atoms. The van der Waals surface area contributed by atoms with Gasteiger partial charge >= 0.3 is 0 Å². The number of carbonyl (C=O) groups is 2. The molecule has 0 bridgehead atoms. The third-order valence-electron chi connectivity index (χ3n) is 4.75. The van der Waals surface area contributed by atoms with Crippen LogP contribution in [0, 0.1) is 13.8 Å². The van der Waals surface area contributed by atoms with Gasteiger partial charge in [0, 0.05) is 22.7 Å². The van der Waals surface area contributed by atoms with E-state index in [1.165, 1.54) is 6.20 Å². The molecule has 3 rings (SSSR count). The molecule has 0 saturated heterocycles. The van der Waals surface area contributed by atoms with Gasteiger partial charge in [-0.1, -0.05) is 60.5 Å². The number of ether oxygens (including phenoxy) is 1. The summed E-state index contributed by atoms with van der Waals surface area (Å²) in [5.74, 6) is -0.255. The maximum absolute atomic E-state index is 13.3. The number of benzene rings is 2. The molecule has 0 atom stereocenters. The summed E-state index contributed by atoms with van der Waals surface area (Å²) < 4.78 is 7.40. The lowest BCUT2D eigenvalue weighted by molar-refractivity contribution is 0.0907. The lowest BCUT2D eigenvalue weighted by atomic mass is 10.0. The molecule has 7 heteroatoms. The quantitative estimate of drug-likeness (QED) is 0.417. The minimum Gasteiger partial charge on any atom is -0.469 e. The van der Waals surface area contributed by atoms with Crippen molar-refractivity contribution in [3.05, 3.63) is 80.5 Å². The number of aryl methyl sites for hydroxylation is 2. The van der Waals surface area contributed by atoms with Crippen molar-refractivity contribution < 1.29 is 14.3 Å². The second kappa shape index (κ2) is 9.45. The van der Waals surface area contributed by atoms with Crippen molar-refractivity contribution >= 4 is 34.8 Å². The summed E-state index contributed by atoms with van der Waals surface area (Å²) in [7, 11) is 0. The van der Waals surface area contributed by atoms with E-state index in [1.54, 1.807) is 41.9 Å². The Bertz CT molecular complexity index is 1090. The van der Waals surface area contributed by atoms with Gasteiger partial charge in [0.05, 0.1) is 11.2 Å². The Morgan fingerprint density at radius 2 is 1.77 bits per heavy atom. The average Bonchev–Trinajstić information content (AvgIpc) is 3.16. The summed E-state index contributed by atoms with van der Waals surface area (Å²) in [4.78, 5) is 25.8. The molecule has 0 amide bonds. The Morgan fingerprint density at radius 3 is 2.43 bits per heavy atom. The monoisotopic (exact) mass is 444 g/mol. The molecule has 0 saturated carbocycles. The Balaban J connectivity index is 1.94. The van der Waals surface area contributed by atoms with Crippen LogP contribution in [0.4, 0.5) is 0 Å². The van der Waals surface area contributed by atoms with Gasteiger partial charge in [0.2, 0.25) is 11.7 Å². The maximum atomic E-state index is 13.3. The van der Waals surface area contributed by atoms with E-state index in [1.807, 2.05) is 19.9 Å². The summed E-state index contributed by atoms with van der Waals surface area (Å²) in [6.07, 6.45) is 2.24. The molecule has 2 aromatic carbocycles. The molecule has 1 heterocycles. The van der Waals surface area contributed by atoms with Crippen LogP contribution in [0.15, 0.2) is 42.6 Å². The average molecular weight is 445 g/mol. The Hall–Kier alpha value is -2.63. The zero-order valence-corrected chi connectivity index (χ0v) is 18.5. The summed E-state index contributed by atoms with van der Waals surface area (Å²) in [6, 6.07) is 10.5. The molecule has 0 unspecified atom stereocenters. The number of ketones is 2. The largest absolute Gasteiger partial charge is 0.469 e. The van der Waals surface area contributed by atoms with Crippen molar-refractivity contribution in [1.29, 1.82) is 0 Å². The first-order valence-corrected chi connectivity index (χ1v) is 10.4. The number of aromatic nitrogens is 2. The zero-order valence-electron chi connectivity index (χ0n) is 17.0. The second-order valence-corrected chi connectivity index (χ2v) is 7.74. The molecule has 0 aliphatic heterocycles. The van der Waals surface area contributed by atoms with Crippen molar-refractivity contribution in [2.75, 3.05) is 6.61 Å². The predicted molar refractivity (Wildman–Crippen MR) is 118 cm³/mol. The summed E-state index contributed by atoms with van der Waals surface area (Å²) >= 11 is 12.7. The molecule has 0 fully saturated rings. The summed E-state index contributed by atoms with van der Waals surface area (Å²) in [5.41, 5.74) is 2.52.